The molecule has 1 aromatic carbocycles. The first kappa shape index (κ1) is 14.0. The molecular weight excluding hydrogens is 258 g/mol. The number of ether oxygens (including phenoxy) is 1. The Bertz CT molecular complexity index is 507. The number of aromatic nitrogens is 1. The van der Waals surface area contributed by atoms with Crippen molar-refractivity contribution < 1.29 is 9.84 Å². The highest BCUT2D eigenvalue weighted by atomic mass is 32.1. The first-order valence-corrected chi connectivity index (χ1v) is 7.24. The summed E-state index contributed by atoms with van der Waals surface area (Å²) in [5.41, 5.74) is 2.29. The van der Waals surface area contributed by atoms with Gasteiger partial charge in [0.25, 0.3) is 0 Å². The Balaban J connectivity index is 1.97. The molecule has 1 N–H and O–H groups in total. The van der Waals surface area contributed by atoms with Crippen molar-refractivity contribution in [1.82, 2.24) is 4.98 Å². The number of nitrogens with zero attached hydrogens (tertiary/aromatic N) is 1. The number of methoxy groups -OCH3 is 1. The van der Waals surface area contributed by atoms with Crippen molar-refractivity contribution in [2.45, 2.75) is 19.8 Å². The number of rotatable bonds is 6. The molecule has 102 valence electrons. The van der Waals surface area contributed by atoms with Gasteiger partial charge in [-0.1, -0.05) is 12.1 Å². The molecular formula is C15H19NO2S. The van der Waals surface area contributed by atoms with E-state index in [0.717, 1.165) is 29.3 Å². The van der Waals surface area contributed by atoms with E-state index in [9.17, 15) is 5.11 Å². The highest BCUT2D eigenvalue weighted by Crippen LogP contribution is 2.18. The Hall–Kier alpha value is -1.39. The third kappa shape index (κ3) is 4.04. The highest BCUT2D eigenvalue weighted by Gasteiger charge is 2.11. The Morgan fingerprint density at radius 3 is 2.53 bits per heavy atom. The molecule has 0 fully saturated rings. The fourth-order valence-electron chi connectivity index (χ4n) is 2.09. The van der Waals surface area contributed by atoms with Gasteiger partial charge >= 0.3 is 0 Å². The number of benzene rings is 1. The zero-order valence-electron chi connectivity index (χ0n) is 11.3. The van der Waals surface area contributed by atoms with Gasteiger partial charge in [0.1, 0.15) is 5.75 Å². The fraction of sp³-hybridized carbons (Fsp3) is 0.400. The van der Waals surface area contributed by atoms with E-state index < -0.39 is 0 Å². The summed E-state index contributed by atoms with van der Waals surface area (Å²) in [4.78, 5) is 4.45. The topological polar surface area (TPSA) is 42.4 Å². The molecule has 0 aliphatic carbocycles. The monoisotopic (exact) mass is 277 g/mol. The van der Waals surface area contributed by atoms with Crippen LogP contribution in [0.1, 0.15) is 16.3 Å². The Kier molecular flexibility index (Phi) is 4.93. The molecule has 4 heteroatoms. The maximum atomic E-state index is 9.51. The van der Waals surface area contributed by atoms with Crippen molar-refractivity contribution in [2.24, 2.45) is 5.92 Å². The summed E-state index contributed by atoms with van der Waals surface area (Å²) in [5, 5.41) is 12.7. The molecule has 1 unspecified atom stereocenters. The molecule has 0 saturated heterocycles. The molecule has 1 heterocycles. The Morgan fingerprint density at radius 2 is 2.00 bits per heavy atom. The standard InChI is InChI=1S/C15H19NO2S/c1-11-16-14(10-19-11)8-13(9-17)7-12-3-5-15(18-2)6-4-12/h3-6,10,13,17H,7-9H2,1-2H3. The van der Waals surface area contributed by atoms with E-state index in [1.807, 2.05) is 31.2 Å². The molecule has 0 radical (unpaired) electrons. The van der Waals surface area contributed by atoms with Crippen LogP contribution >= 0.6 is 11.3 Å². The van der Waals surface area contributed by atoms with E-state index in [2.05, 4.69) is 10.4 Å². The van der Waals surface area contributed by atoms with Gasteiger partial charge in [-0.15, -0.1) is 11.3 Å². The smallest absolute Gasteiger partial charge is 0.118 e. The quantitative estimate of drug-likeness (QED) is 0.883. The summed E-state index contributed by atoms with van der Waals surface area (Å²) in [7, 11) is 1.66. The number of aryl methyl sites for hydroxylation is 1. The second kappa shape index (κ2) is 6.68. The third-order valence-corrected chi connectivity index (χ3v) is 3.93. The van der Waals surface area contributed by atoms with Gasteiger partial charge in [-0.3, -0.25) is 0 Å². The van der Waals surface area contributed by atoms with Gasteiger partial charge in [0.05, 0.1) is 17.8 Å². The molecule has 1 aromatic heterocycles. The van der Waals surface area contributed by atoms with Crippen LogP contribution in [0.15, 0.2) is 29.6 Å². The lowest BCUT2D eigenvalue weighted by Gasteiger charge is -2.13. The SMILES string of the molecule is COc1ccc(CC(CO)Cc2csc(C)n2)cc1. The summed E-state index contributed by atoms with van der Waals surface area (Å²) >= 11 is 1.66. The Morgan fingerprint density at radius 1 is 1.26 bits per heavy atom. The number of aliphatic hydroxyl groups is 1. The molecule has 0 amide bonds. The zero-order chi connectivity index (χ0) is 13.7. The van der Waals surface area contributed by atoms with Crippen LogP contribution in [0.25, 0.3) is 0 Å². The normalized spacial score (nSPS) is 12.4. The second-order valence-corrected chi connectivity index (χ2v) is 5.73. The van der Waals surface area contributed by atoms with Gasteiger partial charge in [0.2, 0.25) is 0 Å². The van der Waals surface area contributed by atoms with Gasteiger partial charge < -0.3 is 9.84 Å². The summed E-state index contributed by atoms with van der Waals surface area (Å²) in [6.07, 6.45) is 1.68. The van der Waals surface area contributed by atoms with Crippen LogP contribution in [-0.4, -0.2) is 23.8 Å². The summed E-state index contributed by atoms with van der Waals surface area (Å²) in [5.74, 6) is 1.08. The van der Waals surface area contributed by atoms with E-state index in [-0.39, 0.29) is 12.5 Å². The maximum Gasteiger partial charge on any atom is 0.118 e. The van der Waals surface area contributed by atoms with Crippen molar-refractivity contribution in [3.05, 3.63) is 45.9 Å². The van der Waals surface area contributed by atoms with Crippen molar-refractivity contribution in [1.29, 1.82) is 0 Å². The molecule has 3 nitrogen and oxygen atoms in total. The van der Waals surface area contributed by atoms with E-state index >= 15 is 0 Å². The van der Waals surface area contributed by atoms with Crippen LogP contribution in [0, 0.1) is 12.8 Å². The van der Waals surface area contributed by atoms with Gasteiger partial charge in [-0.2, -0.15) is 0 Å². The number of thiazole rings is 1. The van der Waals surface area contributed by atoms with Crippen LogP contribution in [-0.2, 0) is 12.8 Å². The van der Waals surface area contributed by atoms with Crippen molar-refractivity contribution in [3.63, 3.8) is 0 Å². The molecule has 0 aliphatic rings. The van der Waals surface area contributed by atoms with E-state index in [4.69, 9.17) is 4.74 Å². The summed E-state index contributed by atoms with van der Waals surface area (Å²) in [6.45, 7) is 2.19. The van der Waals surface area contributed by atoms with E-state index in [1.54, 1.807) is 18.4 Å². The first-order valence-electron chi connectivity index (χ1n) is 6.36. The minimum atomic E-state index is 0.183. The average molecular weight is 277 g/mol. The summed E-state index contributed by atoms with van der Waals surface area (Å²) < 4.78 is 5.14. The number of aliphatic hydroxyl groups excluding tert-OH is 1. The fourth-order valence-corrected chi connectivity index (χ4v) is 2.72. The van der Waals surface area contributed by atoms with Gasteiger partial charge in [0, 0.05) is 12.0 Å². The van der Waals surface area contributed by atoms with Gasteiger partial charge in [-0.05, 0) is 43.4 Å². The Labute approximate surface area is 117 Å². The number of hydrogen-bond acceptors (Lipinski definition) is 4. The van der Waals surface area contributed by atoms with E-state index in [0.29, 0.717) is 0 Å². The highest BCUT2D eigenvalue weighted by molar-refractivity contribution is 7.09. The average Bonchev–Trinajstić information content (AvgIpc) is 2.84. The van der Waals surface area contributed by atoms with Crippen molar-refractivity contribution >= 4 is 11.3 Å². The minimum Gasteiger partial charge on any atom is -0.497 e. The van der Waals surface area contributed by atoms with Crippen LogP contribution in [0.5, 0.6) is 5.75 Å². The number of hydrogen-bond donors (Lipinski definition) is 1. The second-order valence-electron chi connectivity index (χ2n) is 4.66. The van der Waals surface area contributed by atoms with E-state index in [1.165, 1.54) is 5.56 Å². The van der Waals surface area contributed by atoms with Crippen molar-refractivity contribution in [3.8, 4) is 5.75 Å². The van der Waals surface area contributed by atoms with Gasteiger partial charge in [0.15, 0.2) is 0 Å². The molecule has 1 atom stereocenters. The lowest BCUT2D eigenvalue weighted by atomic mass is 9.96. The third-order valence-electron chi connectivity index (χ3n) is 3.11. The van der Waals surface area contributed by atoms with Crippen LogP contribution < -0.4 is 4.74 Å². The molecule has 0 bridgehead atoms. The molecule has 2 rings (SSSR count). The van der Waals surface area contributed by atoms with Crippen LogP contribution in [0.3, 0.4) is 0 Å². The lowest BCUT2D eigenvalue weighted by Crippen LogP contribution is -2.13. The van der Waals surface area contributed by atoms with Crippen molar-refractivity contribution in [2.75, 3.05) is 13.7 Å². The lowest BCUT2D eigenvalue weighted by molar-refractivity contribution is 0.224. The predicted molar refractivity (Wildman–Crippen MR) is 77.8 cm³/mol. The summed E-state index contributed by atoms with van der Waals surface area (Å²) in [6, 6.07) is 8.01. The largest absolute Gasteiger partial charge is 0.497 e. The molecule has 0 saturated carbocycles. The van der Waals surface area contributed by atoms with Crippen LogP contribution in [0.4, 0.5) is 0 Å². The zero-order valence-corrected chi connectivity index (χ0v) is 12.1. The van der Waals surface area contributed by atoms with Crippen LogP contribution in [0.2, 0.25) is 0 Å². The predicted octanol–water partition coefficient (Wildman–Crippen LogP) is 2.85. The molecule has 2 aromatic rings. The van der Waals surface area contributed by atoms with Gasteiger partial charge in [-0.25, -0.2) is 4.98 Å². The minimum absolute atomic E-state index is 0.183. The molecule has 0 aliphatic heterocycles. The maximum absolute atomic E-state index is 9.51. The molecule has 0 spiro atoms. The molecule has 19 heavy (non-hydrogen) atoms. The first-order chi connectivity index (χ1) is 9.21.